The average Bonchev–Trinajstić information content (AvgIpc) is 2.64. The second kappa shape index (κ2) is 6.72. The van der Waals surface area contributed by atoms with Gasteiger partial charge in [-0.15, -0.1) is 0 Å². The van der Waals surface area contributed by atoms with Crippen LogP contribution in [0.1, 0.15) is 25.8 Å². The minimum atomic E-state index is -0.162. The van der Waals surface area contributed by atoms with Gasteiger partial charge in [0.15, 0.2) is 0 Å². The van der Waals surface area contributed by atoms with Gasteiger partial charge in [-0.2, -0.15) is 0 Å². The predicted molar refractivity (Wildman–Crippen MR) is 98.5 cm³/mol. The molecule has 1 aromatic rings. The van der Waals surface area contributed by atoms with Crippen LogP contribution in [0.3, 0.4) is 0 Å². The molecule has 0 radical (unpaired) electrons. The molecule has 3 aliphatic rings. The summed E-state index contributed by atoms with van der Waals surface area (Å²) >= 11 is 0. The highest BCUT2D eigenvalue weighted by Crippen LogP contribution is 2.30. The number of carbonyl (C=O) groups excluding carboxylic acids is 2. The van der Waals surface area contributed by atoms with Crippen LogP contribution in [0.5, 0.6) is 0 Å². The molecular formula is C19H24N4O3. The van der Waals surface area contributed by atoms with E-state index in [-0.39, 0.29) is 30.7 Å². The summed E-state index contributed by atoms with van der Waals surface area (Å²) in [5.41, 5.74) is 1.68. The molecule has 2 atom stereocenters. The molecule has 26 heavy (non-hydrogen) atoms. The normalized spacial score (nSPS) is 25.5. The lowest BCUT2D eigenvalue weighted by Gasteiger charge is -2.40. The number of carbonyl (C=O) groups is 2. The number of rotatable bonds is 2. The maximum Gasteiger partial charge on any atom is 0.330 e. The standard InChI is InChI=1S/C19H24N4O3/c1-13-10-21(11-14(2)26-13)17(24)12-23-16-7-4-3-6-15(16)18-20-8-5-9-22(18)19(23)25/h3-4,6-7,13-14H,5,8-12H2,1-2H3/t13-,14-/m0/s1. The molecule has 0 bridgehead atoms. The van der Waals surface area contributed by atoms with E-state index in [1.54, 1.807) is 14.7 Å². The molecule has 138 valence electrons. The molecule has 3 amide bonds. The van der Waals surface area contributed by atoms with E-state index in [0.717, 1.165) is 30.1 Å². The fraction of sp³-hybridized carbons (Fsp3) is 0.526. The Morgan fingerprint density at radius 3 is 2.73 bits per heavy atom. The second-order valence-corrected chi connectivity index (χ2v) is 7.15. The van der Waals surface area contributed by atoms with E-state index < -0.39 is 0 Å². The van der Waals surface area contributed by atoms with Crippen molar-refractivity contribution in [1.82, 2.24) is 9.80 Å². The Hall–Kier alpha value is -2.41. The lowest BCUT2D eigenvalue weighted by Crippen LogP contribution is -2.57. The Morgan fingerprint density at radius 1 is 1.23 bits per heavy atom. The molecule has 7 nitrogen and oxygen atoms in total. The van der Waals surface area contributed by atoms with Gasteiger partial charge in [0.25, 0.3) is 0 Å². The largest absolute Gasteiger partial charge is 0.372 e. The number of urea groups is 1. The van der Waals surface area contributed by atoms with Crippen molar-refractivity contribution < 1.29 is 14.3 Å². The smallest absolute Gasteiger partial charge is 0.330 e. The fourth-order valence-corrected chi connectivity index (χ4v) is 3.94. The maximum atomic E-state index is 13.0. The van der Waals surface area contributed by atoms with Crippen LogP contribution >= 0.6 is 0 Å². The third-order valence-corrected chi connectivity index (χ3v) is 5.02. The Morgan fingerprint density at radius 2 is 1.96 bits per heavy atom. The van der Waals surface area contributed by atoms with Crippen LogP contribution in [0, 0.1) is 0 Å². The van der Waals surface area contributed by atoms with Gasteiger partial charge in [-0.1, -0.05) is 12.1 Å². The summed E-state index contributed by atoms with van der Waals surface area (Å²) in [6.07, 6.45) is 0.860. The lowest BCUT2D eigenvalue weighted by molar-refractivity contribution is -0.141. The molecule has 1 fully saturated rings. The van der Waals surface area contributed by atoms with Gasteiger partial charge < -0.3 is 9.64 Å². The summed E-state index contributed by atoms with van der Waals surface area (Å²) in [6.45, 7) is 6.46. The molecule has 4 rings (SSSR count). The number of nitrogens with zero attached hydrogens (tertiary/aromatic N) is 4. The summed E-state index contributed by atoms with van der Waals surface area (Å²) in [5.74, 6) is 0.682. The summed E-state index contributed by atoms with van der Waals surface area (Å²) in [7, 11) is 0. The van der Waals surface area contributed by atoms with Gasteiger partial charge in [0, 0.05) is 31.7 Å². The van der Waals surface area contributed by atoms with Crippen LogP contribution < -0.4 is 4.90 Å². The van der Waals surface area contributed by atoms with Crippen molar-refractivity contribution in [3.63, 3.8) is 0 Å². The molecule has 0 spiro atoms. The van der Waals surface area contributed by atoms with E-state index in [2.05, 4.69) is 4.99 Å². The van der Waals surface area contributed by atoms with Crippen molar-refractivity contribution in [2.45, 2.75) is 32.5 Å². The van der Waals surface area contributed by atoms with Gasteiger partial charge in [-0.3, -0.25) is 19.6 Å². The highest BCUT2D eigenvalue weighted by molar-refractivity contribution is 6.20. The fourth-order valence-electron chi connectivity index (χ4n) is 3.94. The number of amides is 3. The summed E-state index contributed by atoms with van der Waals surface area (Å²) in [5, 5.41) is 0. The van der Waals surface area contributed by atoms with Gasteiger partial charge in [0.05, 0.1) is 17.9 Å². The Balaban J connectivity index is 1.61. The van der Waals surface area contributed by atoms with Crippen LogP contribution in [-0.4, -0.2) is 72.5 Å². The van der Waals surface area contributed by atoms with Crippen molar-refractivity contribution in [3.8, 4) is 0 Å². The predicted octanol–water partition coefficient (Wildman–Crippen LogP) is 1.71. The average molecular weight is 356 g/mol. The molecule has 1 aromatic carbocycles. The number of benzene rings is 1. The van der Waals surface area contributed by atoms with Crippen LogP contribution in [0.15, 0.2) is 29.3 Å². The molecular weight excluding hydrogens is 332 g/mol. The zero-order valence-electron chi connectivity index (χ0n) is 15.2. The molecule has 0 aliphatic carbocycles. The number of hydrogen-bond donors (Lipinski definition) is 0. The highest BCUT2D eigenvalue weighted by atomic mass is 16.5. The minimum Gasteiger partial charge on any atom is -0.372 e. The van der Waals surface area contributed by atoms with Crippen molar-refractivity contribution >= 4 is 23.5 Å². The van der Waals surface area contributed by atoms with Gasteiger partial charge in [0.1, 0.15) is 12.4 Å². The SMILES string of the molecule is C[C@H]1CN(C(=O)CN2C(=O)N3CCCN=C3c3ccccc32)C[C@H](C)O1. The van der Waals surface area contributed by atoms with Crippen molar-refractivity contribution in [3.05, 3.63) is 29.8 Å². The van der Waals surface area contributed by atoms with Gasteiger partial charge >= 0.3 is 6.03 Å². The lowest BCUT2D eigenvalue weighted by atomic mass is 10.1. The number of hydrogen-bond acceptors (Lipinski definition) is 4. The van der Waals surface area contributed by atoms with Gasteiger partial charge in [-0.25, -0.2) is 4.79 Å². The first-order valence-electron chi connectivity index (χ1n) is 9.20. The van der Waals surface area contributed by atoms with Crippen LogP contribution in [-0.2, 0) is 9.53 Å². The molecule has 0 N–H and O–H groups in total. The summed E-state index contributed by atoms with van der Waals surface area (Å²) in [4.78, 5) is 35.6. The molecule has 7 heteroatoms. The number of amidine groups is 1. The third-order valence-electron chi connectivity index (χ3n) is 5.02. The van der Waals surface area contributed by atoms with E-state index >= 15 is 0 Å². The Labute approximate surface area is 153 Å². The highest BCUT2D eigenvalue weighted by Gasteiger charge is 2.38. The van der Waals surface area contributed by atoms with Crippen molar-refractivity contribution in [2.24, 2.45) is 4.99 Å². The first-order valence-corrected chi connectivity index (χ1v) is 9.20. The minimum absolute atomic E-state index is 0.00729. The summed E-state index contributed by atoms with van der Waals surface area (Å²) in [6, 6.07) is 7.52. The molecule has 3 heterocycles. The second-order valence-electron chi connectivity index (χ2n) is 7.15. The first kappa shape index (κ1) is 17.0. The van der Waals surface area contributed by atoms with E-state index in [4.69, 9.17) is 4.74 Å². The molecule has 0 saturated carbocycles. The van der Waals surface area contributed by atoms with E-state index in [1.165, 1.54) is 0 Å². The summed E-state index contributed by atoms with van der Waals surface area (Å²) < 4.78 is 5.71. The zero-order chi connectivity index (χ0) is 18.3. The Bertz CT molecular complexity index is 753. The maximum absolute atomic E-state index is 13.0. The number of aliphatic imine (C=N–C) groups is 1. The van der Waals surface area contributed by atoms with Crippen molar-refractivity contribution in [2.75, 3.05) is 37.6 Å². The van der Waals surface area contributed by atoms with Crippen LogP contribution in [0.2, 0.25) is 0 Å². The zero-order valence-corrected chi connectivity index (χ0v) is 15.2. The number of ether oxygens (including phenoxy) is 1. The third kappa shape index (κ3) is 2.96. The number of anilines is 1. The van der Waals surface area contributed by atoms with Crippen LogP contribution in [0.4, 0.5) is 10.5 Å². The number of para-hydroxylation sites is 1. The monoisotopic (exact) mass is 356 g/mol. The molecule has 0 unspecified atom stereocenters. The Kier molecular flexibility index (Phi) is 4.40. The first-order chi connectivity index (χ1) is 12.5. The van der Waals surface area contributed by atoms with E-state index in [1.807, 2.05) is 38.1 Å². The quantitative estimate of drug-likeness (QED) is 0.810. The van der Waals surface area contributed by atoms with Gasteiger partial charge in [0.2, 0.25) is 5.91 Å². The van der Waals surface area contributed by atoms with Gasteiger partial charge in [-0.05, 0) is 32.4 Å². The molecule has 3 aliphatic heterocycles. The number of morpholine rings is 1. The van der Waals surface area contributed by atoms with Crippen LogP contribution in [0.25, 0.3) is 0 Å². The van der Waals surface area contributed by atoms with Crippen molar-refractivity contribution in [1.29, 1.82) is 0 Å². The number of fused-ring (bicyclic) bond motifs is 3. The van der Waals surface area contributed by atoms with E-state index in [9.17, 15) is 9.59 Å². The topological polar surface area (TPSA) is 65.5 Å². The van der Waals surface area contributed by atoms with E-state index in [0.29, 0.717) is 19.6 Å². The molecule has 1 saturated heterocycles. The molecule has 0 aromatic heterocycles.